The maximum absolute atomic E-state index is 13.9. The first-order chi connectivity index (χ1) is 8.50. The molecule has 1 aromatic carbocycles. The van der Waals surface area contributed by atoms with Crippen LogP contribution in [-0.4, -0.2) is 38.8 Å². The molecule has 1 aromatic rings. The number of ether oxygens (including phenoxy) is 1. The van der Waals surface area contributed by atoms with Crippen molar-refractivity contribution in [3.05, 3.63) is 35.4 Å². The topological polar surface area (TPSA) is 38.5 Å². The van der Waals surface area contributed by atoms with Gasteiger partial charge in [0.05, 0.1) is 13.2 Å². The lowest BCUT2D eigenvalue weighted by molar-refractivity contribution is -0.145. The van der Waals surface area contributed by atoms with Crippen LogP contribution < -0.4 is 5.73 Å². The summed E-state index contributed by atoms with van der Waals surface area (Å²) in [6.07, 6.45) is 0. The van der Waals surface area contributed by atoms with Gasteiger partial charge in [-0.1, -0.05) is 6.07 Å². The molecule has 1 atom stereocenters. The quantitative estimate of drug-likeness (QED) is 0.888. The molecule has 100 valence electrons. The minimum absolute atomic E-state index is 0.211. The maximum Gasteiger partial charge on any atom is 0.130 e. The number of nitrogens with zero attached hydrogens (tertiary/aromatic N) is 1. The zero-order chi connectivity index (χ0) is 13.3. The van der Waals surface area contributed by atoms with Crippen LogP contribution in [0.3, 0.4) is 0 Å². The number of hydrogen-bond acceptors (Lipinski definition) is 3. The molecule has 0 aliphatic carbocycles. The third kappa shape index (κ3) is 2.13. The monoisotopic (exact) mass is 256 g/mol. The van der Waals surface area contributed by atoms with E-state index < -0.39 is 11.6 Å². The Labute approximate surface area is 106 Å². The summed E-state index contributed by atoms with van der Waals surface area (Å²) in [5, 5.41) is 0. The Kier molecular flexibility index (Phi) is 3.66. The predicted molar refractivity (Wildman–Crippen MR) is 65.1 cm³/mol. The van der Waals surface area contributed by atoms with Gasteiger partial charge in [0.2, 0.25) is 0 Å². The molecule has 1 aliphatic heterocycles. The second kappa shape index (κ2) is 4.91. The molecule has 0 saturated carbocycles. The van der Waals surface area contributed by atoms with Crippen molar-refractivity contribution in [1.29, 1.82) is 0 Å². The molecule has 1 saturated heterocycles. The molecule has 0 amide bonds. The first-order valence-electron chi connectivity index (χ1n) is 5.89. The van der Waals surface area contributed by atoms with Crippen molar-refractivity contribution in [3.63, 3.8) is 0 Å². The molecule has 1 heterocycles. The van der Waals surface area contributed by atoms with E-state index in [1.165, 1.54) is 12.1 Å². The summed E-state index contributed by atoms with van der Waals surface area (Å²) in [6.45, 7) is 1.42. The van der Waals surface area contributed by atoms with E-state index in [1.807, 2.05) is 19.0 Å². The summed E-state index contributed by atoms with van der Waals surface area (Å²) in [5.74, 6) is -1.10. The van der Waals surface area contributed by atoms with Gasteiger partial charge in [-0.05, 0) is 20.2 Å². The van der Waals surface area contributed by atoms with E-state index in [-0.39, 0.29) is 11.5 Å². The highest BCUT2D eigenvalue weighted by molar-refractivity contribution is 5.25. The minimum Gasteiger partial charge on any atom is -0.380 e. The third-order valence-corrected chi connectivity index (χ3v) is 3.54. The van der Waals surface area contributed by atoms with Crippen LogP contribution >= 0.6 is 0 Å². The van der Waals surface area contributed by atoms with Crippen LogP contribution in [0.5, 0.6) is 0 Å². The van der Waals surface area contributed by atoms with Crippen LogP contribution in [0.25, 0.3) is 0 Å². The number of halogens is 2. The first-order valence-corrected chi connectivity index (χ1v) is 5.89. The Morgan fingerprint density at radius 2 is 2.06 bits per heavy atom. The summed E-state index contributed by atoms with van der Waals surface area (Å²) in [7, 11) is 3.73. The Morgan fingerprint density at radius 1 is 1.39 bits per heavy atom. The lowest BCUT2D eigenvalue weighted by Crippen LogP contribution is -2.56. The Balaban J connectivity index is 2.41. The molecule has 2 N–H and O–H groups in total. The van der Waals surface area contributed by atoms with Gasteiger partial charge in [0, 0.05) is 29.6 Å². The van der Waals surface area contributed by atoms with E-state index in [1.54, 1.807) is 0 Å². The number of nitrogens with two attached hydrogens (primary N) is 1. The van der Waals surface area contributed by atoms with Gasteiger partial charge < -0.3 is 15.4 Å². The fourth-order valence-corrected chi connectivity index (χ4v) is 2.63. The van der Waals surface area contributed by atoms with E-state index in [0.29, 0.717) is 25.3 Å². The van der Waals surface area contributed by atoms with Gasteiger partial charge in [-0.15, -0.1) is 0 Å². The smallest absolute Gasteiger partial charge is 0.130 e. The average molecular weight is 256 g/mol. The molecule has 1 unspecified atom stereocenters. The zero-order valence-electron chi connectivity index (χ0n) is 10.6. The Morgan fingerprint density at radius 3 is 2.44 bits per heavy atom. The largest absolute Gasteiger partial charge is 0.380 e. The van der Waals surface area contributed by atoms with Crippen LogP contribution in [0.1, 0.15) is 11.6 Å². The average Bonchev–Trinajstić information content (AvgIpc) is 2.24. The highest BCUT2D eigenvalue weighted by atomic mass is 19.1. The molecule has 0 aromatic heterocycles. The summed E-state index contributed by atoms with van der Waals surface area (Å²) in [6, 6.07) is 3.47. The number of rotatable bonds is 4. The van der Waals surface area contributed by atoms with Crippen molar-refractivity contribution >= 4 is 0 Å². The van der Waals surface area contributed by atoms with Crippen LogP contribution in [0.4, 0.5) is 8.78 Å². The summed E-state index contributed by atoms with van der Waals surface area (Å²) in [4.78, 5) is 1.91. The maximum atomic E-state index is 13.9. The van der Waals surface area contributed by atoms with Crippen LogP contribution in [0.15, 0.2) is 18.2 Å². The van der Waals surface area contributed by atoms with E-state index in [9.17, 15) is 8.78 Å². The molecule has 0 radical (unpaired) electrons. The summed E-state index contributed by atoms with van der Waals surface area (Å²) in [5.41, 5.74) is 6.00. The van der Waals surface area contributed by atoms with Gasteiger partial charge in [-0.2, -0.15) is 0 Å². The fourth-order valence-electron chi connectivity index (χ4n) is 2.63. The molecule has 2 rings (SSSR count). The first kappa shape index (κ1) is 13.4. The van der Waals surface area contributed by atoms with Gasteiger partial charge in [0.25, 0.3) is 0 Å². The second-order valence-electron chi connectivity index (χ2n) is 5.09. The second-order valence-corrected chi connectivity index (χ2v) is 5.09. The van der Waals surface area contributed by atoms with E-state index in [0.717, 1.165) is 6.07 Å². The van der Waals surface area contributed by atoms with Gasteiger partial charge >= 0.3 is 0 Å². The van der Waals surface area contributed by atoms with Crippen molar-refractivity contribution in [1.82, 2.24) is 4.90 Å². The normalized spacial score (nSPS) is 19.7. The summed E-state index contributed by atoms with van der Waals surface area (Å²) >= 11 is 0. The minimum atomic E-state index is -0.569. The van der Waals surface area contributed by atoms with Crippen molar-refractivity contribution in [2.45, 2.75) is 6.04 Å². The Hall–Kier alpha value is -1.04. The van der Waals surface area contributed by atoms with Gasteiger partial charge in [-0.3, -0.25) is 0 Å². The molecule has 1 fully saturated rings. The highest BCUT2D eigenvalue weighted by Gasteiger charge is 2.47. The van der Waals surface area contributed by atoms with Crippen molar-refractivity contribution in [2.75, 3.05) is 33.9 Å². The van der Waals surface area contributed by atoms with Crippen molar-refractivity contribution < 1.29 is 13.5 Å². The standard InChI is InChI=1S/C13H18F2N2O/c1-17(2)12(13(6-16)7-18-8-13)10-4-3-9(14)5-11(10)15/h3-5,12H,6-8,16H2,1-2H3. The van der Waals surface area contributed by atoms with Crippen LogP contribution in [-0.2, 0) is 4.74 Å². The van der Waals surface area contributed by atoms with E-state index in [2.05, 4.69) is 0 Å². The molecule has 18 heavy (non-hydrogen) atoms. The van der Waals surface area contributed by atoms with Crippen molar-refractivity contribution in [3.8, 4) is 0 Å². The lowest BCUT2D eigenvalue weighted by atomic mass is 9.74. The van der Waals surface area contributed by atoms with Gasteiger partial charge in [0.1, 0.15) is 11.6 Å². The van der Waals surface area contributed by atoms with Gasteiger partial charge in [0.15, 0.2) is 0 Å². The lowest BCUT2D eigenvalue weighted by Gasteiger charge is -2.49. The van der Waals surface area contributed by atoms with Crippen molar-refractivity contribution in [2.24, 2.45) is 11.1 Å². The predicted octanol–water partition coefficient (Wildman–Crippen LogP) is 1.54. The fraction of sp³-hybridized carbons (Fsp3) is 0.538. The summed E-state index contributed by atoms with van der Waals surface area (Å²) < 4.78 is 32.2. The van der Waals surface area contributed by atoms with Crippen LogP contribution in [0, 0.1) is 17.0 Å². The van der Waals surface area contributed by atoms with E-state index >= 15 is 0 Å². The third-order valence-electron chi connectivity index (χ3n) is 3.54. The molecular formula is C13H18F2N2O. The number of benzene rings is 1. The van der Waals surface area contributed by atoms with Crippen LogP contribution in [0.2, 0.25) is 0 Å². The zero-order valence-corrected chi connectivity index (χ0v) is 10.6. The molecule has 3 nitrogen and oxygen atoms in total. The Bertz CT molecular complexity index is 427. The van der Waals surface area contributed by atoms with Gasteiger partial charge in [-0.25, -0.2) is 8.78 Å². The highest BCUT2D eigenvalue weighted by Crippen LogP contribution is 2.43. The number of hydrogen-bond donors (Lipinski definition) is 1. The molecule has 1 aliphatic rings. The molecule has 0 bridgehead atoms. The van der Waals surface area contributed by atoms with E-state index in [4.69, 9.17) is 10.5 Å². The molecule has 5 heteroatoms. The molecule has 0 spiro atoms. The SMILES string of the molecule is CN(C)C(c1ccc(F)cc1F)C1(CN)COC1. The molecular weight excluding hydrogens is 238 g/mol.